The van der Waals surface area contributed by atoms with Crippen LogP contribution in [0.5, 0.6) is 11.5 Å². The summed E-state index contributed by atoms with van der Waals surface area (Å²) in [6, 6.07) is 9.31. The Kier molecular flexibility index (Phi) is 3.35. The highest BCUT2D eigenvalue weighted by molar-refractivity contribution is 7.99. The van der Waals surface area contributed by atoms with Gasteiger partial charge in [0.25, 0.3) is 0 Å². The van der Waals surface area contributed by atoms with Gasteiger partial charge in [-0.05, 0) is 24.3 Å². The van der Waals surface area contributed by atoms with Crippen LogP contribution < -0.4 is 15.2 Å². The third-order valence-corrected chi connectivity index (χ3v) is 3.81. The number of ether oxygens (including phenoxy) is 2. The Morgan fingerprint density at radius 1 is 1.20 bits per heavy atom. The van der Waals surface area contributed by atoms with Crippen molar-refractivity contribution in [1.82, 2.24) is 4.98 Å². The summed E-state index contributed by atoms with van der Waals surface area (Å²) >= 11 is 1.39. The molecule has 0 fully saturated rings. The topological polar surface area (TPSA) is 81.2 Å². The SMILES string of the molecule is N#Cc1ccnc(Sc2ccc3c(c2)OCCO3)c1N. The molecule has 2 N–H and O–H groups in total. The first kappa shape index (κ1) is 12.6. The first-order valence-electron chi connectivity index (χ1n) is 6.00. The van der Waals surface area contributed by atoms with Crippen molar-refractivity contribution in [3.05, 3.63) is 36.0 Å². The minimum Gasteiger partial charge on any atom is -0.486 e. The Bertz CT molecular complexity index is 697. The van der Waals surface area contributed by atoms with E-state index in [0.717, 1.165) is 16.4 Å². The molecular formula is C14H11N3O2S. The van der Waals surface area contributed by atoms with E-state index in [0.29, 0.717) is 29.5 Å². The number of hydrogen-bond acceptors (Lipinski definition) is 6. The quantitative estimate of drug-likeness (QED) is 0.912. The van der Waals surface area contributed by atoms with Crippen LogP contribution in [0.2, 0.25) is 0 Å². The zero-order chi connectivity index (χ0) is 13.9. The summed E-state index contributed by atoms with van der Waals surface area (Å²) in [7, 11) is 0. The maximum Gasteiger partial charge on any atom is 0.162 e. The summed E-state index contributed by atoms with van der Waals surface area (Å²) < 4.78 is 11.0. The first-order chi connectivity index (χ1) is 9.78. The molecule has 1 aromatic carbocycles. The Hall–Kier alpha value is -2.39. The van der Waals surface area contributed by atoms with Gasteiger partial charge in [-0.3, -0.25) is 0 Å². The van der Waals surface area contributed by atoms with E-state index in [-0.39, 0.29) is 0 Å². The number of rotatable bonds is 2. The molecule has 1 aliphatic rings. The molecule has 3 rings (SSSR count). The summed E-state index contributed by atoms with van der Waals surface area (Å²) in [5.74, 6) is 1.46. The van der Waals surface area contributed by atoms with Crippen molar-refractivity contribution < 1.29 is 9.47 Å². The zero-order valence-electron chi connectivity index (χ0n) is 10.5. The average Bonchev–Trinajstić information content (AvgIpc) is 2.49. The van der Waals surface area contributed by atoms with Crippen LogP contribution in [0.1, 0.15) is 5.56 Å². The van der Waals surface area contributed by atoms with Crippen LogP contribution in [-0.2, 0) is 0 Å². The van der Waals surface area contributed by atoms with Gasteiger partial charge < -0.3 is 15.2 Å². The molecule has 0 aliphatic carbocycles. The van der Waals surface area contributed by atoms with Gasteiger partial charge in [0.1, 0.15) is 24.3 Å². The minimum absolute atomic E-state index is 0.398. The largest absolute Gasteiger partial charge is 0.486 e. The monoisotopic (exact) mass is 285 g/mol. The molecule has 1 aliphatic heterocycles. The van der Waals surface area contributed by atoms with Crippen molar-refractivity contribution in [3.8, 4) is 17.6 Å². The number of pyridine rings is 1. The minimum atomic E-state index is 0.398. The molecule has 0 saturated carbocycles. The van der Waals surface area contributed by atoms with E-state index < -0.39 is 0 Å². The van der Waals surface area contributed by atoms with Crippen LogP contribution >= 0.6 is 11.8 Å². The molecule has 0 saturated heterocycles. The molecule has 0 amide bonds. The molecule has 0 spiro atoms. The third kappa shape index (κ3) is 2.36. The van der Waals surface area contributed by atoms with Crippen LogP contribution in [0.25, 0.3) is 0 Å². The zero-order valence-corrected chi connectivity index (χ0v) is 11.3. The maximum absolute atomic E-state index is 8.96. The Morgan fingerprint density at radius 3 is 2.80 bits per heavy atom. The standard InChI is InChI=1S/C14H11N3O2S/c15-8-9-3-4-17-14(13(9)16)20-10-1-2-11-12(7-10)19-6-5-18-11/h1-4,7H,5-6,16H2. The Labute approximate surface area is 120 Å². The molecule has 20 heavy (non-hydrogen) atoms. The van der Waals surface area contributed by atoms with Crippen LogP contribution in [0, 0.1) is 11.3 Å². The predicted molar refractivity (Wildman–Crippen MR) is 74.9 cm³/mol. The van der Waals surface area contributed by atoms with E-state index in [1.54, 1.807) is 12.3 Å². The van der Waals surface area contributed by atoms with Crippen LogP contribution in [0.4, 0.5) is 5.69 Å². The summed E-state index contributed by atoms with van der Waals surface area (Å²) in [5, 5.41) is 9.58. The number of nitriles is 1. The van der Waals surface area contributed by atoms with Gasteiger partial charge in [-0.25, -0.2) is 4.98 Å². The average molecular weight is 285 g/mol. The summed E-state index contributed by atoms with van der Waals surface area (Å²) in [5.41, 5.74) is 6.75. The molecule has 0 atom stereocenters. The van der Waals surface area contributed by atoms with Crippen LogP contribution in [0.15, 0.2) is 40.4 Å². The van der Waals surface area contributed by atoms with E-state index in [2.05, 4.69) is 4.98 Å². The summed E-state index contributed by atoms with van der Waals surface area (Å²) in [4.78, 5) is 5.14. The molecule has 2 aromatic rings. The number of hydrogen-bond donors (Lipinski definition) is 1. The maximum atomic E-state index is 8.96. The van der Waals surface area contributed by atoms with Crippen molar-refractivity contribution in [2.45, 2.75) is 9.92 Å². The number of fused-ring (bicyclic) bond motifs is 1. The highest BCUT2D eigenvalue weighted by atomic mass is 32.2. The van der Waals surface area contributed by atoms with Gasteiger partial charge in [0.05, 0.1) is 11.3 Å². The summed E-state index contributed by atoms with van der Waals surface area (Å²) in [6.07, 6.45) is 1.58. The molecular weight excluding hydrogens is 274 g/mol. The van der Waals surface area contributed by atoms with Gasteiger partial charge in [-0.2, -0.15) is 5.26 Å². The highest BCUT2D eigenvalue weighted by Crippen LogP contribution is 2.38. The van der Waals surface area contributed by atoms with Gasteiger partial charge in [-0.1, -0.05) is 11.8 Å². The first-order valence-corrected chi connectivity index (χ1v) is 6.81. The molecule has 5 nitrogen and oxygen atoms in total. The number of anilines is 1. The lowest BCUT2D eigenvalue weighted by Crippen LogP contribution is -2.15. The Balaban J connectivity index is 1.90. The number of nitrogen functional groups attached to an aromatic ring is 1. The molecule has 0 unspecified atom stereocenters. The normalized spacial score (nSPS) is 12.8. The third-order valence-electron chi connectivity index (χ3n) is 2.80. The van der Waals surface area contributed by atoms with Crippen LogP contribution in [-0.4, -0.2) is 18.2 Å². The van der Waals surface area contributed by atoms with Crippen molar-refractivity contribution in [1.29, 1.82) is 5.26 Å². The molecule has 0 bridgehead atoms. The van der Waals surface area contributed by atoms with Gasteiger partial charge in [0.2, 0.25) is 0 Å². The lowest BCUT2D eigenvalue weighted by atomic mass is 10.2. The van der Waals surface area contributed by atoms with Crippen molar-refractivity contribution in [2.24, 2.45) is 0 Å². The molecule has 1 aromatic heterocycles. The van der Waals surface area contributed by atoms with Gasteiger partial charge >= 0.3 is 0 Å². The lowest BCUT2D eigenvalue weighted by molar-refractivity contribution is 0.171. The second-order valence-electron chi connectivity index (χ2n) is 4.10. The summed E-state index contributed by atoms with van der Waals surface area (Å²) in [6.45, 7) is 1.11. The fourth-order valence-electron chi connectivity index (χ4n) is 1.83. The van der Waals surface area contributed by atoms with E-state index in [1.807, 2.05) is 24.3 Å². The smallest absolute Gasteiger partial charge is 0.162 e. The van der Waals surface area contributed by atoms with Gasteiger partial charge in [0.15, 0.2) is 11.5 Å². The number of aromatic nitrogens is 1. The Morgan fingerprint density at radius 2 is 2.00 bits per heavy atom. The molecule has 2 heterocycles. The van der Waals surface area contributed by atoms with Crippen molar-refractivity contribution in [3.63, 3.8) is 0 Å². The predicted octanol–water partition coefficient (Wildman–Crippen LogP) is 2.46. The van der Waals surface area contributed by atoms with Crippen LogP contribution in [0.3, 0.4) is 0 Å². The number of nitrogens with zero attached hydrogens (tertiary/aromatic N) is 2. The van der Waals surface area contributed by atoms with E-state index in [9.17, 15) is 0 Å². The molecule has 0 radical (unpaired) electrons. The van der Waals surface area contributed by atoms with E-state index in [4.69, 9.17) is 20.5 Å². The second kappa shape index (κ2) is 5.31. The van der Waals surface area contributed by atoms with E-state index in [1.165, 1.54) is 11.8 Å². The number of benzene rings is 1. The molecule has 6 heteroatoms. The van der Waals surface area contributed by atoms with E-state index >= 15 is 0 Å². The number of nitrogens with two attached hydrogens (primary N) is 1. The van der Waals surface area contributed by atoms with Gasteiger partial charge in [0, 0.05) is 11.1 Å². The second-order valence-corrected chi connectivity index (χ2v) is 5.16. The van der Waals surface area contributed by atoms with Gasteiger partial charge in [-0.15, -0.1) is 0 Å². The van der Waals surface area contributed by atoms with Crippen molar-refractivity contribution in [2.75, 3.05) is 18.9 Å². The fraction of sp³-hybridized carbons (Fsp3) is 0.143. The highest BCUT2D eigenvalue weighted by Gasteiger charge is 2.14. The van der Waals surface area contributed by atoms with Crippen molar-refractivity contribution >= 4 is 17.4 Å². The fourth-order valence-corrected chi connectivity index (χ4v) is 2.69. The lowest BCUT2D eigenvalue weighted by Gasteiger charge is -2.18. The molecule has 100 valence electrons.